The van der Waals surface area contributed by atoms with Crippen molar-refractivity contribution in [1.82, 2.24) is 5.32 Å². The second kappa shape index (κ2) is 8.06. The first-order valence-electron chi connectivity index (χ1n) is 6.12. The topological polar surface area (TPSA) is 41.1 Å². The van der Waals surface area contributed by atoms with Crippen LogP contribution in [-0.2, 0) is 0 Å². The number of hydrogen-bond donors (Lipinski definition) is 2. The number of hydrogen-bond acceptors (Lipinski definition) is 2. The van der Waals surface area contributed by atoms with Crippen molar-refractivity contribution >= 4 is 81.5 Å². The van der Waals surface area contributed by atoms with Crippen molar-refractivity contribution in [2.45, 2.75) is 9.79 Å². The van der Waals surface area contributed by atoms with Gasteiger partial charge in [-0.25, -0.2) is 4.79 Å². The van der Waals surface area contributed by atoms with E-state index in [1.807, 2.05) is 0 Å². The lowest BCUT2D eigenvalue weighted by molar-refractivity contribution is 0.254. The molecule has 2 aromatic rings. The smallest absolute Gasteiger partial charge is 0.318 e. The molecular weight excluding hydrogens is 421 g/mol. The maximum atomic E-state index is 11.3. The molecule has 0 unspecified atom stereocenters. The largest absolute Gasteiger partial charge is 0.341 e. The van der Waals surface area contributed by atoms with Crippen molar-refractivity contribution in [3.05, 3.63) is 49.4 Å². The van der Waals surface area contributed by atoms with Crippen LogP contribution in [0, 0.1) is 0 Å². The third-order valence-corrected chi connectivity index (χ3v) is 5.84. The Bertz CT molecular complexity index is 746. The second-order valence-electron chi connectivity index (χ2n) is 4.27. The Kier molecular flexibility index (Phi) is 6.60. The zero-order valence-corrected chi connectivity index (χ0v) is 16.1. The minimum absolute atomic E-state index is 0.364. The molecule has 0 bridgehead atoms. The van der Waals surface area contributed by atoms with E-state index >= 15 is 0 Å². The summed E-state index contributed by atoms with van der Waals surface area (Å²) < 4.78 is 0. The van der Waals surface area contributed by atoms with Crippen LogP contribution in [0.25, 0.3) is 0 Å². The van der Waals surface area contributed by atoms with E-state index in [1.54, 1.807) is 24.3 Å². The van der Waals surface area contributed by atoms with Crippen LogP contribution < -0.4 is 10.6 Å². The fraction of sp³-hybridized carbons (Fsp3) is 0.0714. The van der Waals surface area contributed by atoms with Crippen molar-refractivity contribution in [2.24, 2.45) is 0 Å². The van der Waals surface area contributed by atoms with Crippen LogP contribution in [0.2, 0.25) is 25.1 Å². The molecular formula is C14H9Cl5N2OS. The summed E-state index contributed by atoms with van der Waals surface area (Å²) in [5, 5.41) is 6.96. The molecule has 0 radical (unpaired) electrons. The first kappa shape index (κ1) is 18.8. The molecule has 2 aromatic carbocycles. The summed E-state index contributed by atoms with van der Waals surface area (Å²) in [6.45, 7) is 0. The van der Waals surface area contributed by atoms with Crippen LogP contribution in [0.4, 0.5) is 10.5 Å². The van der Waals surface area contributed by atoms with Gasteiger partial charge in [-0.15, -0.1) is 0 Å². The number of carbonyl (C=O) groups excluding carboxylic acids is 1. The Labute approximate surface area is 162 Å². The van der Waals surface area contributed by atoms with E-state index in [-0.39, 0.29) is 6.03 Å². The molecule has 0 fully saturated rings. The van der Waals surface area contributed by atoms with Crippen molar-refractivity contribution in [1.29, 1.82) is 0 Å². The van der Waals surface area contributed by atoms with Crippen molar-refractivity contribution in [3.8, 4) is 0 Å². The number of halogens is 5. The van der Waals surface area contributed by atoms with Gasteiger partial charge in [0.25, 0.3) is 0 Å². The van der Waals surface area contributed by atoms with E-state index in [0.717, 1.165) is 0 Å². The minimum atomic E-state index is -0.370. The molecule has 0 saturated heterocycles. The van der Waals surface area contributed by atoms with Crippen LogP contribution in [0.3, 0.4) is 0 Å². The van der Waals surface area contributed by atoms with Gasteiger partial charge in [0.05, 0.1) is 25.1 Å². The molecule has 2 rings (SSSR count). The number of benzene rings is 2. The van der Waals surface area contributed by atoms with Crippen LogP contribution in [0.5, 0.6) is 0 Å². The maximum absolute atomic E-state index is 11.3. The lowest BCUT2D eigenvalue weighted by Crippen LogP contribution is -2.24. The van der Waals surface area contributed by atoms with Gasteiger partial charge in [0.15, 0.2) is 0 Å². The van der Waals surface area contributed by atoms with Crippen molar-refractivity contribution in [3.63, 3.8) is 0 Å². The first-order chi connectivity index (χ1) is 10.8. The zero-order valence-electron chi connectivity index (χ0n) is 11.5. The third kappa shape index (κ3) is 4.75. The fourth-order valence-corrected chi connectivity index (χ4v) is 3.93. The summed E-state index contributed by atoms with van der Waals surface area (Å²) in [4.78, 5) is 12.6. The molecule has 2 amide bonds. The van der Waals surface area contributed by atoms with Crippen molar-refractivity contribution in [2.75, 3.05) is 12.4 Å². The van der Waals surface area contributed by atoms with Gasteiger partial charge >= 0.3 is 6.03 Å². The minimum Gasteiger partial charge on any atom is -0.341 e. The van der Waals surface area contributed by atoms with Crippen LogP contribution in [0.15, 0.2) is 34.1 Å². The van der Waals surface area contributed by atoms with Crippen molar-refractivity contribution < 1.29 is 4.79 Å². The number of nitrogens with one attached hydrogen (secondary N) is 2. The molecule has 2 N–H and O–H groups in total. The van der Waals surface area contributed by atoms with E-state index in [9.17, 15) is 4.79 Å². The van der Waals surface area contributed by atoms with Gasteiger partial charge in [-0.2, -0.15) is 0 Å². The molecule has 0 aromatic heterocycles. The lowest BCUT2D eigenvalue weighted by Gasteiger charge is -2.12. The molecule has 0 atom stereocenters. The first-order valence-corrected chi connectivity index (χ1v) is 8.82. The monoisotopic (exact) mass is 428 g/mol. The predicted octanol–water partition coefficient (Wildman–Crippen LogP) is 6.86. The Morgan fingerprint density at radius 1 is 0.870 bits per heavy atom. The summed E-state index contributed by atoms with van der Waals surface area (Å²) in [7, 11) is 1.51. The Morgan fingerprint density at radius 2 is 1.43 bits per heavy atom. The summed E-state index contributed by atoms with van der Waals surface area (Å²) >= 11 is 31.8. The van der Waals surface area contributed by atoms with Gasteiger partial charge in [0.1, 0.15) is 0 Å². The number of rotatable bonds is 3. The van der Waals surface area contributed by atoms with Gasteiger partial charge in [0, 0.05) is 22.5 Å². The predicted molar refractivity (Wildman–Crippen MR) is 100 cm³/mol. The summed E-state index contributed by atoms with van der Waals surface area (Å²) in [5.41, 5.74) is 0.476. The molecule has 3 nitrogen and oxygen atoms in total. The molecule has 0 aliphatic heterocycles. The average molecular weight is 431 g/mol. The van der Waals surface area contributed by atoms with Crippen LogP contribution in [0.1, 0.15) is 0 Å². The molecule has 0 aliphatic carbocycles. The second-order valence-corrected chi connectivity index (χ2v) is 7.36. The van der Waals surface area contributed by atoms with Gasteiger partial charge in [-0.1, -0.05) is 69.8 Å². The molecule has 0 spiro atoms. The van der Waals surface area contributed by atoms with Gasteiger partial charge < -0.3 is 10.6 Å². The highest BCUT2D eigenvalue weighted by molar-refractivity contribution is 7.99. The molecule has 122 valence electrons. The zero-order chi connectivity index (χ0) is 17.1. The number of amides is 2. The Hall–Kier alpha value is -0.490. The van der Waals surface area contributed by atoms with Crippen LogP contribution in [-0.4, -0.2) is 13.1 Å². The highest BCUT2D eigenvalue weighted by atomic mass is 35.5. The summed E-state index contributed by atoms with van der Waals surface area (Å²) in [5.74, 6) is 0. The molecule has 0 saturated carbocycles. The molecule has 0 heterocycles. The molecule has 9 heteroatoms. The highest BCUT2D eigenvalue weighted by Crippen LogP contribution is 2.44. The Balaban J connectivity index is 2.34. The summed E-state index contributed by atoms with van der Waals surface area (Å²) in [6, 6.07) is 6.01. The SMILES string of the molecule is CNC(=O)Nc1cc(Cl)c(Sc2cc(Cl)c(Cl)cc2Cl)c(Cl)c1. The average Bonchev–Trinajstić information content (AvgIpc) is 2.47. The fourth-order valence-electron chi connectivity index (χ4n) is 1.62. The molecule has 0 aliphatic rings. The number of carbonyl (C=O) groups is 1. The van der Waals surface area contributed by atoms with Gasteiger partial charge in [0.2, 0.25) is 0 Å². The number of anilines is 1. The van der Waals surface area contributed by atoms with Gasteiger partial charge in [-0.05, 0) is 24.3 Å². The normalized spacial score (nSPS) is 10.5. The Morgan fingerprint density at radius 3 is 2.00 bits per heavy atom. The summed E-state index contributed by atoms with van der Waals surface area (Å²) in [6.07, 6.45) is 0. The van der Waals surface area contributed by atoms with E-state index < -0.39 is 0 Å². The lowest BCUT2D eigenvalue weighted by atomic mass is 10.3. The third-order valence-electron chi connectivity index (χ3n) is 2.67. The van der Waals surface area contributed by atoms with E-state index in [0.29, 0.717) is 40.6 Å². The van der Waals surface area contributed by atoms with E-state index in [2.05, 4.69) is 10.6 Å². The van der Waals surface area contributed by atoms with Crippen LogP contribution >= 0.6 is 69.8 Å². The van der Waals surface area contributed by atoms with E-state index in [4.69, 9.17) is 58.0 Å². The quantitative estimate of drug-likeness (QED) is 0.523. The maximum Gasteiger partial charge on any atom is 0.318 e. The standard InChI is InChI=1S/C14H9Cl5N2OS/c1-20-14(22)21-6-2-10(18)13(11(19)3-6)23-12-5-8(16)7(15)4-9(12)17/h2-5H,1H3,(H2,20,21,22). The van der Waals surface area contributed by atoms with E-state index in [1.165, 1.54) is 18.8 Å². The number of urea groups is 1. The molecule has 23 heavy (non-hydrogen) atoms. The highest BCUT2D eigenvalue weighted by Gasteiger charge is 2.14. The van der Waals surface area contributed by atoms with Gasteiger partial charge in [-0.3, -0.25) is 0 Å².